The average molecular weight is 345 g/mol. The van der Waals surface area contributed by atoms with Gasteiger partial charge in [0.2, 0.25) is 5.91 Å². The van der Waals surface area contributed by atoms with E-state index in [0.717, 1.165) is 31.7 Å². The summed E-state index contributed by atoms with van der Waals surface area (Å²) in [6, 6.07) is 5.53. The number of nitrogens with one attached hydrogen (secondary N) is 1. The largest absolute Gasteiger partial charge is 0.482 e. The van der Waals surface area contributed by atoms with Crippen molar-refractivity contribution >= 4 is 17.5 Å². The Balaban J connectivity index is 1.51. The molecule has 2 aliphatic heterocycles. The van der Waals surface area contributed by atoms with Crippen LogP contribution in [-0.2, 0) is 16.0 Å². The molecule has 0 atom stereocenters. The molecule has 1 fully saturated rings. The van der Waals surface area contributed by atoms with E-state index >= 15 is 0 Å². The maximum Gasteiger partial charge on any atom is 0.262 e. The summed E-state index contributed by atoms with van der Waals surface area (Å²) in [5, 5.41) is 2.78. The first-order valence-electron chi connectivity index (χ1n) is 9.14. The number of fused-ring (bicyclic) bond motifs is 1. The van der Waals surface area contributed by atoms with E-state index < -0.39 is 0 Å². The highest BCUT2D eigenvalue weighted by atomic mass is 16.5. The quantitative estimate of drug-likeness (QED) is 0.885. The lowest BCUT2D eigenvalue weighted by atomic mass is 10.1. The Kier molecular flexibility index (Phi) is 5.91. The Hall–Kier alpha value is -2.08. The number of likely N-dealkylation sites (tertiary alicyclic amines) is 1. The molecule has 0 bridgehead atoms. The van der Waals surface area contributed by atoms with Gasteiger partial charge in [0, 0.05) is 20.1 Å². The van der Waals surface area contributed by atoms with Gasteiger partial charge in [0.25, 0.3) is 5.91 Å². The van der Waals surface area contributed by atoms with Gasteiger partial charge in [-0.05, 0) is 43.6 Å². The van der Waals surface area contributed by atoms with E-state index in [1.165, 1.54) is 25.7 Å². The van der Waals surface area contributed by atoms with Gasteiger partial charge in [-0.2, -0.15) is 0 Å². The Morgan fingerprint density at radius 3 is 2.76 bits per heavy atom. The second-order valence-corrected chi connectivity index (χ2v) is 6.92. The standard InChI is InChI=1S/C19H27N3O3/c1-21(10-11-22-8-4-2-3-5-9-22)19(24)13-15-6-7-17-16(12-15)20-18(23)14-25-17/h6-7,12H,2-5,8-11,13-14H2,1H3,(H,20,23). The minimum Gasteiger partial charge on any atom is -0.482 e. The number of rotatable bonds is 5. The van der Waals surface area contributed by atoms with E-state index in [2.05, 4.69) is 10.2 Å². The first-order valence-corrected chi connectivity index (χ1v) is 9.14. The smallest absolute Gasteiger partial charge is 0.262 e. The summed E-state index contributed by atoms with van der Waals surface area (Å²) in [5.74, 6) is 0.591. The van der Waals surface area contributed by atoms with Crippen LogP contribution >= 0.6 is 0 Å². The van der Waals surface area contributed by atoms with Gasteiger partial charge in [-0.3, -0.25) is 9.59 Å². The summed E-state index contributed by atoms with van der Waals surface area (Å²) in [6.07, 6.45) is 5.51. The monoisotopic (exact) mass is 345 g/mol. The normalized spacial score (nSPS) is 17.9. The van der Waals surface area contributed by atoms with Gasteiger partial charge < -0.3 is 19.9 Å². The molecule has 0 unspecified atom stereocenters. The lowest BCUT2D eigenvalue weighted by Gasteiger charge is -2.24. The Labute approximate surface area is 149 Å². The van der Waals surface area contributed by atoms with Gasteiger partial charge in [-0.1, -0.05) is 18.9 Å². The predicted molar refractivity (Wildman–Crippen MR) is 96.8 cm³/mol. The van der Waals surface area contributed by atoms with Crippen LogP contribution in [0.25, 0.3) is 0 Å². The molecule has 25 heavy (non-hydrogen) atoms. The van der Waals surface area contributed by atoms with Crippen molar-refractivity contribution in [1.29, 1.82) is 0 Å². The number of benzene rings is 1. The SMILES string of the molecule is CN(CCN1CCCCCC1)C(=O)Cc1ccc2c(c1)NC(=O)CO2. The fourth-order valence-electron chi connectivity index (χ4n) is 3.33. The highest BCUT2D eigenvalue weighted by Gasteiger charge is 2.18. The van der Waals surface area contributed by atoms with E-state index in [4.69, 9.17) is 4.74 Å². The van der Waals surface area contributed by atoms with E-state index in [1.54, 1.807) is 4.90 Å². The van der Waals surface area contributed by atoms with Gasteiger partial charge in [0.15, 0.2) is 6.61 Å². The molecule has 3 rings (SSSR count). The van der Waals surface area contributed by atoms with Crippen LogP contribution in [-0.4, -0.2) is 61.4 Å². The van der Waals surface area contributed by atoms with Crippen molar-refractivity contribution in [2.24, 2.45) is 0 Å². The summed E-state index contributed by atoms with van der Waals surface area (Å²) in [7, 11) is 1.86. The summed E-state index contributed by atoms with van der Waals surface area (Å²) in [4.78, 5) is 28.2. The molecule has 2 heterocycles. The summed E-state index contributed by atoms with van der Waals surface area (Å²) in [5.41, 5.74) is 1.53. The second kappa shape index (κ2) is 8.34. The van der Waals surface area contributed by atoms with Crippen molar-refractivity contribution in [1.82, 2.24) is 9.80 Å². The fraction of sp³-hybridized carbons (Fsp3) is 0.579. The van der Waals surface area contributed by atoms with Crippen LogP contribution in [0.3, 0.4) is 0 Å². The molecule has 1 aromatic rings. The van der Waals surface area contributed by atoms with Crippen molar-refractivity contribution in [2.75, 3.05) is 45.2 Å². The number of ether oxygens (including phenoxy) is 1. The molecule has 6 nitrogen and oxygen atoms in total. The van der Waals surface area contributed by atoms with E-state index in [0.29, 0.717) is 17.9 Å². The van der Waals surface area contributed by atoms with Crippen LogP contribution in [0.4, 0.5) is 5.69 Å². The number of carbonyl (C=O) groups excluding carboxylic acids is 2. The van der Waals surface area contributed by atoms with Gasteiger partial charge in [0.1, 0.15) is 5.75 Å². The number of hydrogen-bond donors (Lipinski definition) is 1. The number of likely N-dealkylation sites (N-methyl/N-ethyl adjacent to an activating group) is 1. The van der Waals surface area contributed by atoms with Gasteiger partial charge >= 0.3 is 0 Å². The van der Waals surface area contributed by atoms with Crippen molar-refractivity contribution in [3.8, 4) is 5.75 Å². The molecule has 0 aromatic heterocycles. The zero-order valence-corrected chi connectivity index (χ0v) is 14.9. The van der Waals surface area contributed by atoms with Gasteiger partial charge in [-0.15, -0.1) is 0 Å². The molecule has 0 radical (unpaired) electrons. The van der Waals surface area contributed by atoms with Crippen molar-refractivity contribution in [2.45, 2.75) is 32.1 Å². The number of amides is 2. The van der Waals surface area contributed by atoms with Crippen molar-refractivity contribution < 1.29 is 14.3 Å². The van der Waals surface area contributed by atoms with Gasteiger partial charge in [0.05, 0.1) is 12.1 Å². The first-order chi connectivity index (χ1) is 12.1. The molecule has 136 valence electrons. The third-order valence-corrected chi connectivity index (χ3v) is 4.91. The summed E-state index contributed by atoms with van der Waals surface area (Å²) in [6.45, 7) is 4.03. The third-order valence-electron chi connectivity index (χ3n) is 4.91. The van der Waals surface area contributed by atoms with Crippen LogP contribution in [0.1, 0.15) is 31.2 Å². The van der Waals surface area contributed by atoms with Crippen molar-refractivity contribution in [3.05, 3.63) is 23.8 Å². The minimum absolute atomic E-state index is 0.0461. The molecule has 0 spiro atoms. The maximum atomic E-state index is 12.5. The number of carbonyl (C=O) groups is 2. The molecule has 2 aliphatic rings. The van der Waals surface area contributed by atoms with E-state index in [1.807, 2.05) is 25.2 Å². The second-order valence-electron chi connectivity index (χ2n) is 6.92. The first kappa shape index (κ1) is 17.7. The average Bonchev–Trinajstić information content (AvgIpc) is 2.88. The number of hydrogen-bond acceptors (Lipinski definition) is 4. The molecule has 1 saturated heterocycles. The molecule has 0 aliphatic carbocycles. The summed E-state index contributed by atoms with van der Waals surface area (Å²) < 4.78 is 5.35. The number of nitrogens with zero attached hydrogens (tertiary/aromatic N) is 2. The van der Waals surface area contributed by atoms with Crippen LogP contribution in [0, 0.1) is 0 Å². The molecule has 0 saturated carbocycles. The van der Waals surface area contributed by atoms with Gasteiger partial charge in [-0.25, -0.2) is 0 Å². The van der Waals surface area contributed by atoms with E-state index in [9.17, 15) is 9.59 Å². The molecular weight excluding hydrogens is 318 g/mol. The minimum atomic E-state index is -0.162. The highest BCUT2D eigenvalue weighted by molar-refractivity contribution is 5.95. The topological polar surface area (TPSA) is 61.9 Å². The number of anilines is 1. The lowest BCUT2D eigenvalue weighted by molar-refractivity contribution is -0.129. The Morgan fingerprint density at radius 2 is 2.00 bits per heavy atom. The van der Waals surface area contributed by atoms with Crippen LogP contribution in [0.15, 0.2) is 18.2 Å². The maximum absolute atomic E-state index is 12.5. The molecule has 1 aromatic carbocycles. The van der Waals surface area contributed by atoms with Crippen molar-refractivity contribution in [3.63, 3.8) is 0 Å². The highest BCUT2D eigenvalue weighted by Crippen LogP contribution is 2.28. The van der Waals surface area contributed by atoms with Crippen LogP contribution in [0.2, 0.25) is 0 Å². The predicted octanol–water partition coefficient (Wildman–Crippen LogP) is 1.89. The fourth-order valence-corrected chi connectivity index (χ4v) is 3.33. The van der Waals surface area contributed by atoms with E-state index in [-0.39, 0.29) is 18.4 Å². The van der Waals surface area contributed by atoms with Crippen LogP contribution < -0.4 is 10.1 Å². The molecular formula is C19H27N3O3. The lowest BCUT2D eigenvalue weighted by Crippen LogP contribution is -2.37. The molecule has 6 heteroatoms. The zero-order chi connectivity index (χ0) is 17.6. The Morgan fingerprint density at radius 1 is 1.24 bits per heavy atom. The molecule has 1 N–H and O–H groups in total. The zero-order valence-electron chi connectivity index (χ0n) is 14.9. The summed E-state index contributed by atoms with van der Waals surface area (Å²) >= 11 is 0. The molecule has 2 amide bonds. The Bertz CT molecular complexity index is 624. The van der Waals surface area contributed by atoms with Crippen LogP contribution in [0.5, 0.6) is 5.75 Å². The third kappa shape index (κ3) is 4.95.